The third-order valence-electron chi connectivity index (χ3n) is 1.64. The predicted octanol–water partition coefficient (Wildman–Crippen LogP) is 2.18. The van der Waals surface area contributed by atoms with Crippen molar-refractivity contribution in [3.63, 3.8) is 0 Å². The number of ether oxygens (including phenoxy) is 1. The molecule has 0 aromatic heterocycles. The van der Waals surface area contributed by atoms with Crippen molar-refractivity contribution in [3.05, 3.63) is 32.3 Å². The van der Waals surface area contributed by atoms with Gasteiger partial charge in [-0.1, -0.05) is 0 Å². The summed E-state index contributed by atoms with van der Waals surface area (Å²) >= 11 is 3.12. The zero-order valence-corrected chi connectivity index (χ0v) is 8.78. The van der Waals surface area contributed by atoms with Gasteiger partial charge in [-0.15, -0.1) is 0 Å². The van der Waals surface area contributed by atoms with Crippen LogP contribution in [0.5, 0.6) is 5.75 Å². The Morgan fingerprint density at radius 1 is 1.57 bits per heavy atom. The zero-order valence-electron chi connectivity index (χ0n) is 7.19. The highest BCUT2D eigenvalue weighted by Gasteiger charge is 2.19. The highest BCUT2D eigenvalue weighted by Crippen LogP contribution is 2.33. The molecule has 0 amide bonds. The van der Waals surface area contributed by atoms with E-state index in [1.165, 1.54) is 19.2 Å². The van der Waals surface area contributed by atoms with Crippen molar-refractivity contribution in [1.29, 1.82) is 0 Å². The third kappa shape index (κ3) is 1.74. The Labute approximate surface area is 88.0 Å². The van der Waals surface area contributed by atoms with Crippen molar-refractivity contribution >= 4 is 27.9 Å². The summed E-state index contributed by atoms with van der Waals surface area (Å²) in [4.78, 5) is 20.6. The van der Waals surface area contributed by atoms with E-state index in [9.17, 15) is 14.9 Å². The Morgan fingerprint density at radius 3 is 2.64 bits per heavy atom. The first kappa shape index (κ1) is 10.6. The minimum Gasteiger partial charge on any atom is -0.495 e. The topological polar surface area (TPSA) is 69.4 Å². The summed E-state index contributed by atoms with van der Waals surface area (Å²) in [6.45, 7) is 0. The van der Waals surface area contributed by atoms with E-state index in [1.807, 2.05) is 0 Å². The fourth-order valence-electron chi connectivity index (χ4n) is 1.04. The number of methoxy groups -OCH3 is 1. The van der Waals surface area contributed by atoms with E-state index in [0.29, 0.717) is 10.8 Å². The number of nitro benzene ring substituents is 1. The van der Waals surface area contributed by atoms with Gasteiger partial charge >= 0.3 is 0 Å². The first-order valence-electron chi connectivity index (χ1n) is 3.58. The van der Waals surface area contributed by atoms with E-state index in [1.54, 1.807) is 0 Å². The molecule has 0 fully saturated rings. The second-order valence-electron chi connectivity index (χ2n) is 2.39. The largest absolute Gasteiger partial charge is 0.495 e. The molecular weight excluding hydrogens is 254 g/mol. The van der Waals surface area contributed by atoms with Gasteiger partial charge in [0, 0.05) is 6.07 Å². The molecule has 74 valence electrons. The highest BCUT2D eigenvalue weighted by molar-refractivity contribution is 9.10. The molecule has 1 aromatic rings. The van der Waals surface area contributed by atoms with E-state index in [-0.39, 0.29) is 17.0 Å². The van der Waals surface area contributed by atoms with Crippen LogP contribution in [0.15, 0.2) is 16.6 Å². The summed E-state index contributed by atoms with van der Waals surface area (Å²) in [7, 11) is 1.34. The Hall–Kier alpha value is -1.43. The van der Waals surface area contributed by atoms with Crippen molar-refractivity contribution in [1.82, 2.24) is 0 Å². The van der Waals surface area contributed by atoms with Gasteiger partial charge in [-0.3, -0.25) is 14.9 Å². The normalized spacial score (nSPS) is 9.57. The number of nitrogens with zero attached hydrogens (tertiary/aromatic N) is 1. The molecule has 0 radical (unpaired) electrons. The van der Waals surface area contributed by atoms with Gasteiger partial charge < -0.3 is 4.74 Å². The van der Waals surface area contributed by atoms with Crippen LogP contribution in [-0.4, -0.2) is 18.3 Å². The van der Waals surface area contributed by atoms with Crippen LogP contribution in [-0.2, 0) is 0 Å². The van der Waals surface area contributed by atoms with Gasteiger partial charge in [0.15, 0.2) is 12.0 Å². The van der Waals surface area contributed by atoms with Crippen molar-refractivity contribution < 1.29 is 14.5 Å². The molecule has 0 N–H and O–H groups in total. The first-order valence-corrected chi connectivity index (χ1v) is 4.37. The van der Waals surface area contributed by atoms with Crippen LogP contribution in [0, 0.1) is 10.1 Å². The van der Waals surface area contributed by atoms with Crippen LogP contribution in [0.4, 0.5) is 5.69 Å². The number of carbonyl (C=O) groups excluding carboxylic acids is 1. The molecule has 0 heterocycles. The zero-order chi connectivity index (χ0) is 10.7. The Balaban J connectivity index is 3.48. The summed E-state index contributed by atoms with van der Waals surface area (Å²) in [5, 5.41) is 10.5. The van der Waals surface area contributed by atoms with Crippen LogP contribution in [0.3, 0.4) is 0 Å². The van der Waals surface area contributed by atoms with E-state index in [2.05, 4.69) is 15.9 Å². The lowest BCUT2D eigenvalue weighted by Gasteiger charge is -2.05. The molecule has 0 aliphatic heterocycles. The van der Waals surface area contributed by atoms with Gasteiger partial charge in [0.2, 0.25) is 0 Å². The van der Waals surface area contributed by atoms with Gasteiger partial charge in [-0.2, -0.15) is 0 Å². The lowest BCUT2D eigenvalue weighted by Crippen LogP contribution is -1.98. The van der Waals surface area contributed by atoms with Crippen molar-refractivity contribution in [2.75, 3.05) is 7.11 Å². The van der Waals surface area contributed by atoms with Gasteiger partial charge in [-0.25, -0.2) is 0 Å². The standard InChI is InChI=1S/C8H6BrNO4/c1-14-8-5(4-11)7(10(12)13)3-2-6(8)9/h2-4H,1H3. The fourth-order valence-corrected chi connectivity index (χ4v) is 1.55. The van der Waals surface area contributed by atoms with Gasteiger partial charge in [0.05, 0.1) is 16.5 Å². The number of nitro groups is 1. The summed E-state index contributed by atoms with van der Waals surface area (Å²) in [6.07, 6.45) is 0.404. The Kier molecular flexibility index (Phi) is 3.19. The number of rotatable bonds is 3. The monoisotopic (exact) mass is 259 g/mol. The van der Waals surface area contributed by atoms with Gasteiger partial charge in [0.25, 0.3) is 5.69 Å². The molecule has 0 aliphatic rings. The van der Waals surface area contributed by atoms with E-state index < -0.39 is 4.92 Å². The smallest absolute Gasteiger partial charge is 0.283 e. The third-order valence-corrected chi connectivity index (χ3v) is 2.27. The summed E-state index contributed by atoms with van der Waals surface area (Å²) in [5.74, 6) is 0.175. The molecule has 1 aromatic carbocycles. The van der Waals surface area contributed by atoms with Crippen molar-refractivity contribution in [2.24, 2.45) is 0 Å². The van der Waals surface area contributed by atoms with Crippen molar-refractivity contribution in [3.8, 4) is 5.75 Å². The van der Waals surface area contributed by atoms with E-state index in [0.717, 1.165) is 0 Å². The number of aldehydes is 1. The average molecular weight is 260 g/mol. The average Bonchev–Trinajstić information content (AvgIpc) is 2.16. The van der Waals surface area contributed by atoms with Crippen LogP contribution in [0.1, 0.15) is 10.4 Å². The molecule has 0 bridgehead atoms. The van der Waals surface area contributed by atoms with Crippen LogP contribution < -0.4 is 4.74 Å². The van der Waals surface area contributed by atoms with E-state index >= 15 is 0 Å². The molecule has 14 heavy (non-hydrogen) atoms. The lowest BCUT2D eigenvalue weighted by atomic mass is 10.2. The molecule has 1 rings (SSSR count). The summed E-state index contributed by atoms with van der Waals surface area (Å²) in [5.41, 5.74) is -0.327. The summed E-state index contributed by atoms with van der Waals surface area (Å²) in [6, 6.07) is 2.71. The second kappa shape index (κ2) is 4.19. The van der Waals surface area contributed by atoms with Crippen LogP contribution >= 0.6 is 15.9 Å². The van der Waals surface area contributed by atoms with Crippen molar-refractivity contribution in [2.45, 2.75) is 0 Å². The molecule has 0 saturated carbocycles. The SMILES string of the molecule is COc1c(Br)ccc([N+](=O)[O-])c1C=O. The molecule has 5 nitrogen and oxygen atoms in total. The number of halogens is 1. The second-order valence-corrected chi connectivity index (χ2v) is 3.24. The number of carbonyl (C=O) groups is 1. The van der Waals surface area contributed by atoms with Crippen LogP contribution in [0.25, 0.3) is 0 Å². The lowest BCUT2D eigenvalue weighted by molar-refractivity contribution is -0.385. The minimum absolute atomic E-state index is 0.0631. The molecule has 6 heteroatoms. The molecule has 0 saturated heterocycles. The maximum absolute atomic E-state index is 10.7. The minimum atomic E-state index is -0.626. The Bertz CT molecular complexity index is 391. The maximum Gasteiger partial charge on any atom is 0.283 e. The quantitative estimate of drug-likeness (QED) is 0.474. The highest BCUT2D eigenvalue weighted by atomic mass is 79.9. The molecule has 0 aliphatic carbocycles. The molecular formula is C8H6BrNO4. The van der Waals surface area contributed by atoms with E-state index in [4.69, 9.17) is 4.74 Å². The number of benzene rings is 1. The van der Waals surface area contributed by atoms with Crippen LogP contribution in [0.2, 0.25) is 0 Å². The fraction of sp³-hybridized carbons (Fsp3) is 0.125. The first-order chi connectivity index (χ1) is 6.61. The molecule has 0 spiro atoms. The Morgan fingerprint density at radius 2 is 2.21 bits per heavy atom. The predicted molar refractivity (Wildman–Crippen MR) is 52.7 cm³/mol. The summed E-state index contributed by atoms with van der Waals surface area (Å²) < 4.78 is 5.38. The van der Waals surface area contributed by atoms with Gasteiger partial charge in [-0.05, 0) is 22.0 Å². The maximum atomic E-state index is 10.7. The molecule has 0 unspecified atom stereocenters. The van der Waals surface area contributed by atoms with Gasteiger partial charge in [0.1, 0.15) is 5.56 Å². The number of hydrogen-bond donors (Lipinski definition) is 0. The number of hydrogen-bond acceptors (Lipinski definition) is 4. The molecule has 0 atom stereocenters.